The smallest absolute Gasteiger partial charge is 0.181 e. The highest BCUT2D eigenvalue weighted by Gasteiger charge is 2.51. The molecule has 2 aliphatic rings. The molecule has 27 heavy (non-hydrogen) atoms. The molecule has 3 rings (SSSR count). The van der Waals surface area contributed by atoms with Crippen molar-refractivity contribution in [3.63, 3.8) is 0 Å². The largest absolute Gasteiger partial charge is 0.388 e. The maximum Gasteiger partial charge on any atom is 0.181 e. The maximum atomic E-state index is 13.6. The first-order valence-electron chi connectivity index (χ1n) is 9.08. The van der Waals surface area contributed by atoms with E-state index in [1.54, 1.807) is 42.5 Å². The summed E-state index contributed by atoms with van der Waals surface area (Å²) in [5.74, 6) is -0.832. The van der Waals surface area contributed by atoms with Crippen molar-refractivity contribution in [1.82, 2.24) is 0 Å². The van der Waals surface area contributed by atoms with Crippen LogP contribution in [-0.4, -0.2) is 30.7 Å². The van der Waals surface area contributed by atoms with Crippen LogP contribution < -0.4 is 0 Å². The fourth-order valence-electron chi connectivity index (χ4n) is 4.17. The standard InChI is InChI=1S/C22H26O4S/c1-15-17(23)10-12-22(4)13-11-19(24)21(2,3)14-18(20(15)22)27(25,26)16-8-6-5-7-9-16/h5-13,18-20,24H,1,14H2,2-4H3/t18-,19+,20-,22+/m1/s1. The fourth-order valence-corrected chi connectivity index (χ4v) is 6.52. The lowest BCUT2D eigenvalue weighted by Crippen LogP contribution is -2.48. The van der Waals surface area contributed by atoms with E-state index in [0.29, 0.717) is 5.57 Å². The molecule has 0 fully saturated rings. The second kappa shape index (κ2) is 6.57. The Bertz CT molecular complexity index is 924. The average molecular weight is 387 g/mol. The Balaban J connectivity index is 2.25. The maximum absolute atomic E-state index is 13.6. The summed E-state index contributed by atoms with van der Waals surface area (Å²) in [5.41, 5.74) is -1.08. The summed E-state index contributed by atoms with van der Waals surface area (Å²) in [6.45, 7) is 9.55. The van der Waals surface area contributed by atoms with Crippen LogP contribution in [0.4, 0.5) is 0 Å². The van der Waals surface area contributed by atoms with E-state index in [1.807, 2.05) is 26.8 Å². The number of aliphatic hydroxyl groups is 1. The van der Waals surface area contributed by atoms with Crippen LogP contribution in [-0.2, 0) is 14.6 Å². The highest BCUT2D eigenvalue weighted by Crippen LogP contribution is 2.49. The number of aliphatic hydroxyl groups excluding tert-OH is 1. The van der Waals surface area contributed by atoms with Crippen LogP contribution in [0.15, 0.2) is 71.7 Å². The Morgan fingerprint density at radius 3 is 2.37 bits per heavy atom. The molecule has 0 aromatic heterocycles. The first kappa shape index (κ1) is 19.8. The Hall–Kier alpha value is -1.98. The van der Waals surface area contributed by atoms with Gasteiger partial charge in [0.2, 0.25) is 0 Å². The molecule has 0 amide bonds. The number of hydrogen-bond acceptors (Lipinski definition) is 4. The lowest BCUT2D eigenvalue weighted by atomic mass is 9.63. The van der Waals surface area contributed by atoms with Crippen molar-refractivity contribution in [3.8, 4) is 0 Å². The van der Waals surface area contributed by atoms with Crippen molar-refractivity contribution in [2.24, 2.45) is 16.7 Å². The molecule has 1 aromatic carbocycles. The minimum atomic E-state index is -3.75. The van der Waals surface area contributed by atoms with Gasteiger partial charge in [-0.1, -0.05) is 63.8 Å². The normalized spacial score (nSPS) is 33.3. The third kappa shape index (κ3) is 3.34. The van der Waals surface area contributed by atoms with E-state index in [2.05, 4.69) is 6.58 Å². The summed E-state index contributed by atoms with van der Waals surface area (Å²) < 4.78 is 27.2. The lowest BCUT2D eigenvalue weighted by molar-refractivity contribution is -0.112. The van der Waals surface area contributed by atoms with E-state index >= 15 is 0 Å². The van der Waals surface area contributed by atoms with Gasteiger partial charge in [-0.3, -0.25) is 4.79 Å². The van der Waals surface area contributed by atoms with Crippen LogP contribution in [0.3, 0.4) is 0 Å². The summed E-state index contributed by atoms with van der Waals surface area (Å²) in [6, 6.07) is 8.30. The van der Waals surface area contributed by atoms with Crippen molar-refractivity contribution >= 4 is 15.6 Å². The summed E-state index contributed by atoms with van der Waals surface area (Å²) in [5, 5.41) is 9.75. The van der Waals surface area contributed by atoms with Gasteiger partial charge >= 0.3 is 0 Å². The molecule has 0 radical (unpaired) electrons. The lowest BCUT2D eigenvalue weighted by Gasteiger charge is -2.46. The van der Waals surface area contributed by atoms with E-state index in [-0.39, 0.29) is 17.1 Å². The van der Waals surface area contributed by atoms with E-state index in [0.717, 1.165) is 0 Å². The highest BCUT2D eigenvalue weighted by atomic mass is 32.2. The van der Waals surface area contributed by atoms with Crippen LogP contribution in [0.1, 0.15) is 27.2 Å². The van der Waals surface area contributed by atoms with E-state index in [1.165, 1.54) is 6.08 Å². The predicted molar refractivity (Wildman–Crippen MR) is 106 cm³/mol. The molecular formula is C22H26O4S. The van der Waals surface area contributed by atoms with Gasteiger partial charge in [0.15, 0.2) is 15.6 Å². The van der Waals surface area contributed by atoms with E-state index in [4.69, 9.17) is 0 Å². The van der Waals surface area contributed by atoms with Crippen LogP contribution in [0.2, 0.25) is 0 Å². The van der Waals surface area contributed by atoms with Crippen molar-refractivity contribution in [3.05, 3.63) is 66.8 Å². The molecule has 2 aliphatic carbocycles. The third-order valence-corrected chi connectivity index (χ3v) is 8.13. The molecule has 0 heterocycles. The van der Waals surface area contributed by atoms with Gasteiger partial charge in [-0.15, -0.1) is 0 Å². The first-order chi connectivity index (χ1) is 12.5. The molecule has 0 saturated heterocycles. The number of rotatable bonds is 2. The number of ketones is 1. The van der Waals surface area contributed by atoms with Gasteiger partial charge in [0.1, 0.15) is 0 Å². The SMILES string of the molecule is C=C1C(=O)C=C[C@@]2(C)C=C[C@H](O)C(C)(C)C[C@@H](S(=O)(=O)c3ccccc3)[C@@H]12. The molecule has 4 nitrogen and oxygen atoms in total. The van der Waals surface area contributed by atoms with Gasteiger partial charge in [-0.05, 0) is 35.6 Å². The summed E-state index contributed by atoms with van der Waals surface area (Å²) in [6.07, 6.45) is 6.16. The number of hydrogen-bond donors (Lipinski definition) is 1. The first-order valence-corrected chi connectivity index (χ1v) is 10.6. The summed E-state index contributed by atoms with van der Waals surface area (Å²) >= 11 is 0. The third-order valence-electron chi connectivity index (χ3n) is 5.96. The fraction of sp³-hybridized carbons (Fsp3) is 0.409. The molecule has 0 saturated carbocycles. The monoisotopic (exact) mass is 386 g/mol. The van der Waals surface area contributed by atoms with Gasteiger partial charge in [0.25, 0.3) is 0 Å². The predicted octanol–water partition coefficient (Wildman–Crippen LogP) is 3.49. The number of carbonyl (C=O) groups is 1. The Morgan fingerprint density at radius 1 is 1.11 bits per heavy atom. The van der Waals surface area contributed by atoms with Gasteiger partial charge in [-0.2, -0.15) is 0 Å². The van der Waals surface area contributed by atoms with Crippen molar-refractivity contribution in [2.75, 3.05) is 0 Å². The van der Waals surface area contributed by atoms with Crippen LogP contribution in [0, 0.1) is 16.7 Å². The molecule has 0 spiro atoms. The Morgan fingerprint density at radius 2 is 1.74 bits per heavy atom. The molecular weight excluding hydrogens is 360 g/mol. The Kier molecular flexibility index (Phi) is 4.81. The number of allylic oxidation sites excluding steroid dienone is 4. The second-order valence-electron chi connectivity index (χ2n) is 8.46. The average Bonchev–Trinajstić information content (AvgIpc) is 2.62. The summed E-state index contributed by atoms with van der Waals surface area (Å²) in [7, 11) is -3.75. The van der Waals surface area contributed by atoms with Gasteiger partial charge < -0.3 is 5.11 Å². The van der Waals surface area contributed by atoms with Crippen LogP contribution >= 0.6 is 0 Å². The number of carbonyl (C=O) groups excluding carboxylic acids is 1. The van der Waals surface area contributed by atoms with Crippen molar-refractivity contribution in [2.45, 2.75) is 43.4 Å². The highest BCUT2D eigenvalue weighted by molar-refractivity contribution is 7.92. The van der Waals surface area contributed by atoms with Crippen molar-refractivity contribution in [1.29, 1.82) is 0 Å². The van der Waals surface area contributed by atoms with Crippen LogP contribution in [0.25, 0.3) is 0 Å². The van der Waals surface area contributed by atoms with E-state index in [9.17, 15) is 18.3 Å². The second-order valence-corrected chi connectivity index (χ2v) is 10.6. The zero-order valence-corrected chi connectivity index (χ0v) is 16.7. The zero-order chi connectivity index (χ0) is 20.0. The van der Waals surface area contributed by atoms with Crippen molar-refractivity contribution < 1.29 is 18.3 Å². The molecule has 1 aromatic rings. The molecule has 5 heteroatoms. The minimum absolute atomic E-state index is 0.218. The molecule has 0 unspecified atom stereocenters. The molecule has 144 valence electrons. The van der Waals surface area contributed by atoms with E-state index < -0.39 is 37.9 Å². The number of fused-ring (bicyclic) bond motifs is 1. The number of sulfone groups is 1. The number of benzene rings is 1. The molecule has 0 bridgehead atoms. The van der Waals surface area contributed by atoms with Crippen LogP contribution in [0.5, 0.6) is 0 Å². The zero-order valence-electron chi connectivity index (χ0n) is 15.9. The molecule has 4 atom stereocenters. The molecule has 0 aliphatic heterocycles. The summed E-state index contributed by atoms with van der Waals surface area (Å²) in [4.78, 5) is 12.6. The molecule has 1 N–H and O–H groups in total. The van der Waals surface area contributed by atoms with Gasteiger partial charge in [-0.25, -0.2) is 8.42 Å². The Labute approximate surface area is 161 Å². The quantitative estimate of drug-likeness (QED) is 0.624. The van der Waals surface area contributed by atoms with Gasteiger partial charge in [0, 0.05) is 11.3 Å². The topological polar surface area (TPSA) is 71.4 Å². The minimum Gasteiger partial charge on any atom is -0.388 e. The van der Waals surface area contributed by atoms with Gasteiger partial charge in [0.05, 0.1) is 16.2 Å².